The van der Waals surface area contributed by atoms with Crippen LogP contribution in [-0.4, -0.2) is 24.1 Å². The summed E-state index contributed by atoms with van der Waals surface area (Å²) in [5, 5.41) is 3.81. The third-order valence-electron chi connectivity index (χ3n) is 3.81. The van der Waals surface area contributed by atoms with E-state index >= 15 is 0 Å². The molecule has 0 spiro atoms. The summed E-state index contributed by atoms with van der Waals surface area (Å²) < 4.78 is 13.7. The largest absolute Gasteiger partial charge is 0.380 e. The van der Waals surface area contributed by atoms with E-state index in [0.717, 1.165) is 25.9 Å². The second-order valence-corrected chi connectivity index (χ2v) is 5.67. The molecule has 3 rings (SSSR count). The molecule has 110 valence electrons. The lowest BCUT2D eigenvalue weighted by Gasteiger charge is -2.34. The van der Waals surface area contributed by atoms with Gasteiger partial charge in [-0.25, -0.2) is 4.39 Å². The Labute approximate surface area is 128 Å². The van der Waals surface area contributed by atoms with Gasteiger partial charge in [0.05, 0.1) is 5.69 Å². The van der Waals surface area contributed by atoms with Crippen LogP contribution in [0.2, 0.25) is 5.02 Å². The molecule has 0 saturated carbocycles. The maximum atomic E-state index is 13.7. The molecule has 1 aliphatic heterocycles. The van der Waals surface area contributed by atoms with E-state index in [1.165, 1.54) is 11.8 Å². The first-order valence-electron chi connectivity index (χ1n) is 7.09. The number of hydrogen-bond donors (Lipinski definition) is 1. The number of nitrogens with zero attached hydrogens (tertiary/aromatic N) is 2. The van der Waals surface area contributed by atoms with Crippen molar-refractivity contribution in [3.63, 3.8) is 0 Å². The Kier molecular flexibility index (Phi) is 4.25. The van der Waals surface area contributed by atoms with Crippen LogP contribution in [0.3, 0.4) is 0 Å². The minimum absolute atomic E-state index is 0.254. The predicted molar refractivity (Wildman–Crippen MR) is 84.5 cm³/mol. The molecule has 0 aliphatic carbocycles. The summed E-state index contributed by atoms with van der Waals surface area (Å²) in [4.78, 5) is 6.36. The van der Waals surface area contributed by atoms with Gasteiger partial charge in [-0.05, 0) is 43.2 Å². The van der Waals surface area contributed by atoms with E-state index in [0.29, 0.717) is 10.7 Å². The summed E-state index contributed by atoms with van der Waals surface area (Å²) >= 11 is 5.92. The van der Waals surface area contributed by atoms with Gasteiger partial charge in [-0.2, -0.15) is 0 Å². The molecule has 2 aromatic rings. The Morgan fingerprint density at radius 1 is 1.14 bits per heavy atom. The zero-order chi connectivity index (χ0) is 14.7. The molecule has 0 unspecified atom stereocenters. The molecule has 1 aromatic heterocycles. The summed E-state index contributed by atoms with van der Waals surface area (Å²) in [6, 6.07) is 8.92. The van der Waals surface area contributed by atoms with Crippen molar-refractivity contribution in [2.24, 2.45) is 0 Å². The zero-order valence-electron chi connectivity index (χ0n) is 11.6. The second-order valence-electron chi connectivity index (χ2n) is 5.24. The van der Waals surface area contributed by atoms with Crippen LogP contribution in [0.25, 0.3) is 0 Å². The molecule has 21 heavy (non-hydrogen) atoms. The number of nitrogens with one attached hydrogen (secondary N) is 1. The molecule has 1 fully saturated rings. The van der Waals surface area contributed by atoms with Crippen LogP contribution in [0.5, 0.6) is 0 Å². The molecule has 2 heterocycles. The highest BCUT2D eigenvalue weighted by Gasteiger charge is 2.20. The zero-order valence-corrected chi connectivity index (χ0v) is 12.4. The SMILES string of the molecule is Fc1ccc(Cl)cc1NC1CCN(c2ccncc2)CC1. The van der Waals surface area contributed by atoms with Gasteiger partial charge in [-0.3, -0.25) is 4.98 Å². The minimum Gasteiger partial charge on any atom is -0.380 e. The first-order valence-corrected chi connectivity index (χ1v) is 7.47. The Morgan fingerprint density at radius 2 is 1.86 bits per heavy atom. The average molecular weight is 306 g/mol. The highest BCUT2D eigenvalue weighted by atomic mass is 35.5. The first-order chi connectivity index (χ1) is 10.2. The van der Waals surface area contributed by atoms with E-state index in [2.05, 4.69) is 15.2 Å². The molecule has 5 heteroatoms. The molecule has 1 aliphatic rings. The van der Waals surface area contributed by atoms with E-state index in [9.17, 15) is 4.39 Å². The Hall–Kier alpha value is -1.81. The van der Waals surface area contributed by atoms with Crippen LogP contribution >= 0.6 is 11.6 Å². The summed E-state index contributed by atoms with van der Waals surface area (Å²) in [6.45, 7) is 1.90. The average Bonchev–Trinajstić information content (AvgIpc) is 2.53. The van der Waals surface area contributed by atoms with Crippen molar-refractivity contribution in [3.05, 3.63) is 53.6 Å². The Morgan fingerprint density at radius 3 is 2.57 bits per heavy atom. The number of benzene rings is 1. The van der Waals surface area contributed by atoms with E-state index in [4.69, 9.17) is 11.6 Å². The third-order valence-corrected chi connectivity index (χ3v) is 4.05. The fraction of sp³-hybridized carbons (Fsp3) is 0.312. The number of halogens is 2. The number of rotatable bonds is 3. The summed E-state index contributed by atoms with van der Waals surface area (Å²) in [6.07, 6.45) is 5.55. The van der Waals surface area contributed by atoms with Crippen molar-refractivity contribution in [1.29, 1.82) is 0 Å². The van der Waals surface area contributed by atoms with E-state index in [1.54, 1.807) is 24.5 Å². The number of anilines is 2. The van der Waals surface area contributed by atoms with Crippen LogP contribution < -0.4 is 10.2 Å². The van der Waals surface area contributed by atoms with Gasteiger partial charge >= 0.3 is 0 Å². The number of hydrogen-bond acceptors (Lipinski definition) is 3. The predicted octanol–water partition coefficient (Wildman–Crippen LogP) is 3.96. The molecule has 0 radical (unpaired) electrons. The highest BCUT2D eigenvalue weighted by molar-refractivity contribution is 6.30. The van der Waals surface area contributed by atoms with Crippen molar-refractivity contribution >= 4 is 23.0 Å². The fourth-order valence-electron chi connectivity index (χ4n) is 2.66. The summed E-state index contributed by atoms with van der Waals surface area (Å²) in [7, 11) is 0. The molecular weight excluding hydrogens is 289 g/mol. The molecule has 3 nitrogen and oxygen atoms in total. The molecule has 0 bridgehead atoms. The maximum absolute atomic E-state index is 13.7. The van der Waals surface area contributed by atoms with Crippen LogP contribution in [0.15, 0.2) is 42.7 Å². The lowest BCUT2D eigenvalue weighted by molar-refractivity contribution is 0.522. The van der Waals surface area contributed by atoms with Crippen LogP contribution in [0.4, 0.5) is 15.8 Å². The highest BCUT2D eigenvalue weighted by Crippen LogP contribution is 2.24. The van der Waals surface area contributed by atoms with Gasteiger partial charge in [-0.1, -0.05) is 11.6 Å². The second kappa shape index (κ2) is 6.31. The van der Waals surface area contributed by atoms with Gasteiger partial charge < -0.3 is 10.2 Å². The Balaban J connectivity index is 1.60. The van der Waals surface area contributed by atoms with Gasteiger partial charge in [0, 0.05) is 42.2 Å². The molecule has 0 atom stereocenters. The van der Waals surface area contributed by atoms with E-state index < -0.39 is 0 Å². The topological polar surface area (TPSA) is 28.2 Å². The van der Waals surface area contributed by atoms with Gasteiger partial charge in [0.25, 0.3) is 0 Å². The molecule has 0 amide bonds. The van der Waals surface area contributed by atoms with Gasteiger partial charge in [-0.15, -0.1) is 0 Å². The number of piperidine rings is 1. The first kappa shape index (κ1) is 14.1. The van der Waals surface area contributed by atoms with Gasteiger partial charge in [0.1, 0.15) is 5.82 Å². The summed E-state index contributed by atoms with van der Waals surface area (Å²) in [5.74, 6) is -0.254. The standard InChI is InChI=1S/C16H17ClFN3/c17-12-1-2-15(18)16(11-12)20-13-5-9-21(10-6-13)14-3-7-19-8-4-14/h1-4,7-8,11,13,20H,5-6,9-10H2. The van der Waals surface area contributed by atoms with Crippen molar-refractivity contribution < 1.29 is 4.39 Å². The molecular formula is C16H17ClFN3. The van der Waals surface area contributed by atoms with Crippen LogP contribution in [0.1, 0.15) is 12.8 Å². The molecule has 1 saturated heterocycles. The smallest absolute Gasteiger partial charge is 0.146 e. The molecule has 1 aromatic carbocycles. The fourth-order valence-corrected chi connectivity index (χ4v) is 2.84. The van der Waals surface area contributed by atoms with Gasteiger partial charge in [0.15, 0.2) is 0 Å². The normalized spacial score (nSPS) is 16.0. The van der Waals surface area contributed by atoms with Crippen molar-refractivity contribution in [2.45, 2.75) is 18.9 Å². The van der Waals surface area contributed by atoms with Crippen LogP contribution in [-0.2, 0) is 0 Å². The Bertz CT molecular complexity index is 598. The maximum Gasteiger partial charge on any atom is 0.146 e. The number of pyridine rings is 1. The van der Waals surface area contributed by atoms with Crippen molar-refractivity contribution in [3.8, 4) is 0 Å². The lowest BCUT2D eigenvalue weighted by Crippen LogP contribution is -2.39. The van der Waals surface area contributed by atoms with E-state index in [1.807, 2.05) is 12.1 Å². The van der Waals surface area contributed by atoms with Gasteiger partial charge in [0.2, 0.25) is 0 Å². The monoisotopic (exact) mass is 305 g/mol. The van der Waals surface area contributed by atoms with Crippen molar-refractivity contribution in [1.82, 2.24) is 4.98 Å². The quantitative estimate of drug-likeness (QED) is 0.930. The van der Waals surface area contributed by atoms with Crippen molar-refractivity contribution in [2.75, 3.05) is 23.3 Å². The minimum atomic E-state index is -0.254. The molecule has 1 N–H and O–H groups in total. The third kappa shape index (κ3) is 3.45. The van der Waals surface area contributed by atoms with E-state index in [-0.39, 0.29) is 11.9 Å². The number of aromatic nitrogens is 1. The lowest BCUT2D eigenvalue weighted by atomic mass is 10.0. The van der Waals surface area contributed by atoms with Crippen LogP contribution in [0, 0.1) is 5.82 Å². The summed E-state index contributed by atoms with van der Waals surface area (Å²) in [5.41, 5.74) is 1.68.